The fourth-order valence-corrected chi connectivity index (χ4v) is 4.69. The van der Waals surface area contributed by atoms with Gasteiger partial charge in [-0.15, -0.1) is 0 Å². The highest BCUT2D eigenvalue weighted by Gasteiger charge is 2.32. The van der Waals surface area contributed by atoms with Crippen molar-refractivity contribution < 1.29 is 14.4 Å². The summed E-state index contributed by atoms with van der Waals surface area (Å²) in [6, 6.07) is 8.96. The standard InChI is InChI=1S/C27H37N5O3/c1-18-8-6-7-13-32(18)25(34)16-23(31-24(33)15-21-11-12-21)27(35)29-19(2)26-28-17-22(30-26)14-20-9-4-3-5-10-20/h3-5,9-10,17-19,21,23H,6-8,11-16H2,1-2H3,(H,28,30)(H,29,35)(H,31,33)/t18-,19?,23?/m0/s1. The van der Waals surface area contributed by atoms with E-state index in [0.717, 1.165) is 44.2 Å². The molecule has 188 valence electrons. The lowest BCUT2D eigenvalue weighted by atomic mass is 10.0. The molecule has 2 heterocycles. The average molecular weight is 480 g/mol. The Kier molecular flexibility index (Phi) is 8.21. The molecule has 0 spiro atoms. The van der Waals surface area contributed by atoms with Gasteiger partial charge in [0.05, 0.1) is 12.5 Å². The number of carbonyl (C=O) groups is 3. The fourth-order valence-electron chi connectivity index (χ4n) is 4.69. The molecule has 35 heavy (non-hydrogen) atoms. The van der Waals surface area contributed by atoms with E-state index in [1.807, 2.05) is 36.9 Å². The topological polar surface area (TPSA) is 107 Å². The van der Waals surface area contributed by atoms with Crippen LogP contribution in [0, 0.1) is 5.92 Å². The third-order valence-electron chi connectivity index (χ3n) is 6.98. The van der Waals surface area contributed by atoms with E-state index in [1.54, 1.807) is 6.20 Å². The Morgan fingerprint density at radius 1 is 1.11 bits per heavy atom. The molecule has 1 aliphatic carbocycles. The Morgan fingerprint density at radius 2 is 1.89 bits per heavy atom. The molecule has 4 rings (SSSR count). The van der Waals surface area contributed by atoms with Crippen LogP contribution < -0.4 is 10.6 Å². The van der Waals surface area contributed by atoms with Crippen LogP contribution in [-0.2, 0) is 20.8 Å². The third kappa shape index (κ3) is 7.16. The average Bonchev–Trinajstić information content (AvgIpc) is 3.53. The monoisotopic (exact) mass is 479 g/mol. The van der Waals surface area contributed by atoms with Gasteiger partial charge in [-0.05, 0) is 57.4 Å². The predicted octanol–water partition coefficient (Wildman–Crippen LogP) is 3.25. The van der Waals surface area contributed by atoms with Crippen molar-refractivity contribution in [2.24, 2.45) is 5.92 Å². The summed E-state index contributed by atoms with van der Waals surface area (Å²) in [4.78, 5) is 48.4. The summed E-state index contributed by atoms with van der Waals surface area (Å²) in [5.74, 6) is 0.438. The highest BCUT2D eigenvalue weighted by atomic mass is 16.2. The Balaban J connectivity index is 1.38. The van der Waals surface area contributed by atoms with Crippen LogP contribution in [0.3, 0.4) is 0 Å². The van der Waals surface area contributed by atoms with Crippen molar-refractivity contribution in [2.75, 3.05) is 6.54 Å². The number of likely N-dealkylation sites (tertiary alicyclic amines) is 1. The Bertz CT molecular complexity index is 1020. The van der Waals surface area contributed by atoms with Gasteiger partial charge in [-0.3, -0.25) is 14.4 Å². The molecule has 2 aliphatic rings. The summed E-state index contributed by atoms with van der Waals surface area (Å²) in [6.45, 7) is 4.60. The molecule has 2 fully saturated rings. The summed E-state index contributed by atoms with van der Waals surface area (Å²) in [5, 5.41) is 5.79. The van der Waals surface area contributed by atoms with Crippen LogP contribution in [0.5, 0.6) is 0 Å². The number of imidazole rings is 1. The van der Waals surface area contributed by atoms with Crippen LogP contribution in [0.4, 0.5) is 0 Å². The van der Waals surface area contributed by atoms with E-state index in [-0.39, 0.29) is 36.2 Å². The molecule has 3 atom stereocenters. The van der Waals surface area contributed by atoms with Gasteiger partial charge in [0.2, 0.25) is 17.7 Å². The van der Waals surface area contributed by atoms with E-state index in [9.17, 15) is 14.4 Å². The van der Waals surface area contributed by atoms with E-state index in [0.29, 0.717) is 24.7 Å². The molecule has 2 aromatic rings. The summed E-state index contributed by atoms with van der Waals surface area (Å²) >= 11 is 0. The molecule has 0 bridgehead atoms. The zero-order valence-corrected chi connectivity index (χ0v) is 20.8. The second-order valence-electron chi connectivity index (χ2n) is 10.1. The molecular weight excluding hydrogens is 442 g/mol. The van der Waals surface area contributed by atoms with Crippen LogP contribution in [0.2, 0.25) is 0 Å². The lowest BCUT2D eigenvalue weighted by Crippen LogP contribution is -2.51. The normalized spacial score (nSPS) is 19.6. The zero-order chi connectivity index (χ0) is 24.8. The lowest BCUT2D eigenvalue weighted by molar-refractivity contribution is -0.138. The Hall–Kier alpha value is -3.16. The van der Waals surface area contributed by atoms with Crippen molar-refractivity contribution in [3.63, 3.8) is 0 Å². The molecule has 3 amide bonds. The number of piperidine rings is 1. The molecule has 8 nitrogen and oxygen atoms in total. The minimum absolute atomic E-state index is 0.0310. The van der Waals surface area contributed by atoms with Gasteiger partial charge in [-0.1, -0.05) is 30.3 Å². The van der Waals surface area contributed by atoms with Gasteiger partial charge in [0, 0.05) is 37.3 Å². The maximum absolute atomic E-state index is 13.2. The number of aromatic nitrogens is 2. The summed E-state index contributed by atoms with van der Waals surface area (Å²) in [6.07, 6.45) is 8.04. The second-order valence-corrected chi connectivity index (χ2v) is 10.1. The lowest BCUT2D eigenvalue weighted by Gasteiger charge is -2.34. The van der Waals surface area contributed by atoms with Crippen molar-refractivity contribution in [1.82, 2.24) is 25.5 Å². The minimum Gasteiger partial charge on any atom is -0.345 e. The van der Waals surface area contributed by atoms with E-state index >= 15 is 0 Å². The molecule has 1 saturated heterocycles. The van der Waals surface area contributed by atoms with Crippen molar-refractivity contribution in [3.8, 4) is 0 Å². The van der Waals surface area contributed by atoms with Gasteiger partial charge in [0.25, 0.3) is 0 Å². The highest BCUT2D eigenvalue weighted by Crippen LogP contribution is 2.32. The molecule has 3 N–H and O–H groups in total. The SMILES string of the molecule is CC(NC(=O)C(CC(=O)N1CCCC[C@@H]1C)NC(=O)CC1CC1)c1ncc(Cc2ccccc2)[nH]1. The number of nitrogens with zero attached hydrogens (tertiary/aromatic N) is 2. The molecule has 0 radical (unpaired) electrons. The van der Waals surface area contributed by atoms with Crippen LogP contribution in [0.1, 0.15) is 81.9 Å². The number of benzene rings is 1. The maximum atomic E-state index is 13.2. The number of H-pyrrole nitrogens is 1. The zero-order valence-electron chi connectivity index (χ0n) is 20.8. The predicted molar refractivity (Wildman–Crippen MR) is 133 cm³/mol. The molecule has 1 aromatic heterocycles. The first-order chi connectivity index (χ1) is 16.9. The largest absolute Gasteiger partial charge is 0.345 e. The summed E-state index contributed by atoms with van der Waals surface area (Å²) in [5.41, 5.74) is 2.12. The van der Waals surface area contributed by atoms with Gasteiger partial charge in [-0.2, -0.15) is 0 Å². The molecule has 2 unspecified atom stereocenters. The van der Waals surface area contributed by atoms with Crippen LogP contribution in [0.15, 0.2) is 36.5 Å². The number of hydrogen-bond acceptors (Lipinski definition) is 4. The second kappa shape index (κ2) is 11.5. The Morgan fingerprint density at radius 3 is 2.60 bits per heavy atom. The molecule has 1 aliphatic heterocycles. The van der Waals surface area contributed by atoms with Crippen LogP contribution in [-0.4, -0.2) is 51.2 Å². The summed E-state index contributed by atoms with van der Waals surface area (Å²) in [7, 11) is 0. The first kappa shape index (κ1) is 24.9. The van der Waals surface area contributed by atoms with E-state index < -0.39 is 6.04 Å². The number of nitrogens with one attached hydrogen (secondary N) is 3. The van der Waals surface area contributed by atoms with Gasteiger partial charge in [0.1, 0.15) is 11.9 Å². The van der Waals surface area contributed by atoms with Gasteiger partial charge in [0.15, 0.2) is 0 Å². The molecule has 1 saturated carbocycles. The van der Waals surface area contributed by atoms with Crippen molar-refractivity contribution >= 4 is 17.7 Å². The smallest absolute Gasteiger partial charge is 0.243 e. The van der Waals surface area contributed by atoms with Crippen molar-refractivity contribution in [2.45, 2.75) is 83.3 Å². The first-order valence-electron chi connectivity index (χ1n) is 12.9. The van der Waals surface area contributed by atoms with Crippen molar-refractivity contribution in [3.05, 3.63) is 53.6 Å². The van der Waals surface area contributed by atoms with E-state index in [1.165, 1.54) is 5.56 Å². The number of rotatable bonds is 10. The number of hydrogen-bond donors (Lipinski definition) is 3. The third-order valence-corrected chi connectivity index (χ3v) is 6.98. The van der Waals surface area contributed by atoms with Crippen LogP contribution in [0.25, 0.3) is 0 Å². The van der Waals surface area contributed by atoms with E-state index in [4.69, 9.17) is 0 Å². The first-order valence-corrected chi connectivity index (χ1v) is 12.9. The Labute approximate surface area is 207 Å². The van der Waals surface area contributed by atoms with Crippen LogP contribution >= 0.6 is 0 Å². The van der Waals surface area contributed by atoms with Crippen molar-refractivity contribution in [1.29, 1.82) is 0 Å². The molecular formula is C27H37N5O3. The van der Waals surface area contributed by atoms with Gasteiger partial charge in [-0.25, -0.2) is 4.98 Å². The molecule has 1 aromatic carbocycles. The number of aromatic amines is 1. The minimum atomic E-state index is -0.899. The quantitative estimate of drug-likeness (QED) is 0.486. The molecule has 8 heteroatoms. The van der Waals surface area contributed by atoms with Gasteiger partial charge >= 0.3 is 0 Å². The van der Waals surface area contributed by atoms with Gasteiger partial charge < -0.3 is 20.5 Å². The van der Waals surface area contributed by atoms with E-state index in [2.05, 4.69) is 32.7 Å². The number of amides is 3. The fraction of sp³-hybridized carbons (Fsp3) is 0.556. The highest BCUT2D eigenvalue weighted by molar-refractivity contribution is 5.92. The number of carbonyl (C=O) groups excluding carboxylic acids is 3. The maximum Gasteiger partial charge on any atom is 0.243 e. The summed E-state index contributed by atoms with van der Waals surface area (Å²) < 4.78 is 0.